The van der Waals surface area contributed by atoms with Crippen LogP contribution in [0.2, 0.25) is 0 Å². The van der Waals surface area contributed by atoms with Crippen LogP contribution in [0, 0.1) is 13.8 Å². The van der Waals surface area contributed by atoms with Gasteiger partial charge in [-0.15, -0.1) is 0 Å². The number of hydrogen-bond donors (Lipinski definition) is 2. The Kier molecular flexibility index (Phi) is 5.08. The Morgan fingerprint density at radius 1 is 1.40 bits per heavy atom. The van der Waals surface area contributed by atoms with E-state index in [1.54, 1.807) is 0 Å². The maximum Gasteiger partial charge on any atom is 0.238 e. The van der Waals surface area contributed by atoms with E-state index in [2.05, 4.69) is 63.7 Å². The molecule has 1 amide bonds. The highest BCUT2D eigenvalue weighted by atomic mass is 16.2. The van der Waals surface area contributed by atoms with Crippen molar-refractivity contribution in [2.45, 2.75) is 32.7 Å². The first-order valence-electron chi connectivity index (χ1n) is 8.78. The Balaban J connectivity index is 1.69. The summed E-state index contributed by atoms with van der Waals surface area (Å²) in [6, 6.07) is 8.90. The summed E-state index contributed by atoms with van der Waals surface area (Å²) in [5, 5.41) is 10.0. The molecule has 0 bridgehead atoms. The summed E-state index contributed by atoms with van der Waals surface area (Å²) in [5.41, 5.74) is 4.99. The molecule has 0 unspecified atom stereocenters. The fourth-order valence-electron chi connectivity index (χ4n) is 3.50. The first-order valence-corrected chi connectivity index (χ1v) is 8.78. The molecule has 6 heteroatoms. The third kappa shape index (κ3) is 3.85. The average molecular weight is 341 g/mol. The summed E-state index contributed by atoms with van der Waals surface area (Å²) < 4.78 is 0. The van der Waals surface area contributed by atoms with Crippen LogP contribution < -0.4 is 10.2 Å². The number of nitrogens with zero attached hydrogens (tertiary/aromatic N) is 3. The standard InChI is InChI=1S/C19H27N5O/c1-13-19(14(2)22-21-13)20-18(25)12-24-10-6-9-17(24)15-7-5-8-16(11-15)23(3)4/h5,7-8,11,17H,6,9-10,12H2,1-4H3,(H,20,25)(H,21,22)/t17-/m0/s1. The van der Waals surface area contributed by atoms with Crippen LogP contribution in [0.5, 0.6) is 0 Å². The minimum absolute atomic E-state index is 0.0169. The minimum Gasteiger partial charge on any atom is -0.378 e. The highest BCUT2D eigenvalue weighted by Crippen LogP contribution is 2.33. The van der Waals surface area contributed by atoms with E-state index in [-0.39, 0.29) is 5.91 Å². The quantitative estimate of drug-likeness (QED) is 0.878. The van der Waals surface area contributed by atoms with Gasteiger partial charge in [-0.3, -0.25) is 14.8 Å². The van der Waals surface area contributed by atoms with Gasteiger partial charge in [0.05, 0.1) is 23.6 Å². The summed E-state index contributed by atoms with van der Waals surface area (Å²) >= 11 is 0. The molecule has 0 saturated carbocycles. The van der Waals surface area contributed by atoms with E-state index < -0.39 is 0 Å². The summed E-state index contributed by atoms with van der Waals surface area (Å²) in [6.45, 7) is 5.17. The van der Waals surface area contributed by atoms with Crippen molar-refractivity contribution >= 4 is 17.3 Å². The average Bonchev–Trinajstić information content (AvgIpc) is 3.16. The maximum absolute atomic E-state index is 12.5. The molecule has 1 aromatic heterocycles. The first kappa shape index (κ1) is 17.5. The monoisotopic (exact) mass is 341 g/mol. The molecule has 1 aromatic carbocycles. The van der Waals surface area contributed by atoms with Gasteiger partial charge in [-0.2, -0.15) is 5.10 Å². The molecule has 2 aromatic rings. The Morgan fingerprint density at radius 2 is 2.20 bits per heavy atom. The fraction of sp³-hybridized carbons (Fsp3) is 0.474. The second kappa shape index (κ2) is 7.27. The molecule has 134 valence electrons. The number of anilines is 2. The zero-order valence-corrected chi connectivity index (χ0v) is 15.5. The van der Waals surface area contributed by atoms with Crippen molar-refractivity contribution in [3.05, 3.63) is 41.2 Å². The highest BCUT2D eigenvalue weighted by Gasteiger charge is 2.28. The smallest absolute Gasteiger partial charge is 0.238 e. The van der Waals surface area contributed by atoms with Crippen LogP contribution in [0.1, 0.15) is 35.8 Å². The lowest BCUT2D eigenvalue weighted by atomic mass is 10.0. The van der Waals surface area contributed by atoms with Crippen molar-refractivity contribution in [1.82, 2.24) is 15.1 Å². The third-order valence-electron chi connectivity index (χ3n) is 4.87. The Bertz CT molecular complexity index is 733. The van der Waals surface area contributed by atoms with Crippen molar-refractivity contribution < 1.29 is 4.79 Å². The number of carbonyl (C=O) groups excluding carboxylic acids is 1. The molecule has 1 aliphatic rings. The van der Waals surface area contributed by atoms with E-state index in [4.69, 9.17) is 0 Å². The van der Waals surface area contributed by atoms with Gasteiger partial charge in [-0.05, 0) is 50.9 Å². The zero-order chi connectivity index (χ0) is 18.0. The number of likely N-dealkylation sites (tertiary alicyclic amines) is 1. The van der Waals surface area contributed by atoms with E-state index in [0.717, 1.165) is 36.5 Å². The van der Waals surface area contributed by atoms with Gasteiger partial charge < -0.3 is 10.2 Å². The van der Waals surface area contributed by atoms with Crippen molar-refractivity contribution in [3.63, 3.8) is 0 Å². The fourth-order valence-corrected chi connectivity index (χ4v) is 3.50. The molecule has 25 heavy (non-hydrogen) atoms. The van der Waals surface area contributed by atoms with Gasteiger partial charge in [0.15, 0.2) is 0 Å². The SMILES string of the molecule is Cc1n[nH]c(C)c1NC(=O)CN1CCC[C@H]1c1cccc(N(C)C)c1. The van der Waals surface area contributed by atoms with Crippen molar-refractivity contribution in [1.29, 1.82) is 0 Å². The first-order chi connectivity index (χ1) is 12.0. The maximum atomic E-state index is 12.5. The van der Waals surface area contributed by atoms with Gasteiger partial charge in [0.1, 0.15) is 0 Å². The molecule has 2 N–H and O–H groups in total. The number of nitrogens with one attached hydrogen (secondary N) is 2. The highest BCUT2D eigenvalue weighted by molar-refractivity contribution is 5.93. The molecule has 0 spiro atoms. The Hall–Kier alpha value is -2.34. The van der Waals surface area contributed by atoms with Gasteiger partial charge in [-0.1, -0.05) is 12.1 Å². The van der Waals surface area contributed by atoms with Gasteiger partial charge in [0.2, 0.25) is 5.91 Å². The second-order valence-corrected chi connectivity index (χ2v) is 6.98. The van der Waals surface area contributed by atoms with E-state index in [0.29, 0.717) is 12.6 Å². The van der Waals surface area contributed by atoms with E-state index in [9.17, 15) is 4.79 Å². The summed E-state index contributed by atoms with van der Waals surface area (Å²) in [6.07, 6.45) is 2.21. The van der Waals surface area contributed by atoms with E-state index in [1.165, 1.54) is 11.3 Å². The molecule has 1 fully saturated rings. The Morgan fingerprint density at radius 3 is 2.88 bits per heavy atom. The molecule has 1 aliphatic heterocycles. The number of aryl methyl sites for hydroxylation is 2. The van der Waals surface area contributed by atoms with Gasteiger partial charge >= 0.3 is 0 Å². The van der Waals surface area contributed by atoms with Crippen LogP contribution in [0.3, 0.4) is 0 Å². The van der Waals surface area contributed by atoms with E-state index in [1.807, 2.05) is 13.8 Å². The van der Waals surface area contributed by atoms with Crippen molar-refractivity contribution in [3.8, 4) is 0 Å². The number of amides is 1. The van der Waals surface area contributed by atoms with Crippen LogP contribution in [-0.4, -0.2) is 48.2 Å². The lowest BCUT2D eigenvalue weighted by Gasteiger charge is -2.25. The van der Waals surface area contributed by atoms with Crippen LogP contribution >= 0.6 is 0 Å². The lowest BCUT2D eigenvalue weighted by molar-refractivity contribution is -0.117. The van der Waals surface area contributed by atoms with Crippen LogP contribution in [-0.2, 0) is 4.79 Å². The summed E-state index contributed by atoms with van der Waals surface area (Å²) in [4.78, 5) is 16.9. The third-order valence-corrected chi connectivity index (χ3v) is 4.87. The number of carbonyl (C=O) groups is 1. The number of aromatic nitrogens is 2. The number of H-pyrrole nitrogens is 1. The summed E-state index contributed by atoms with van der Waals surface area (Å²) in [7, 11) is 4.10. The van der Waals surface area contributed by atoms with Crippen LogP contribution in [0.25, 0.3) is 0 Å². The number of benzene rings is 1. The molecular weight excluding hydrogens is 314 g/mol. The molecule has 1 saturated heterocycles. The normalized spacial score (nSPS) is 17.7. The molecule has 0 aliphatic carbocycles. The molecule has 2 heterocycles. The van der Waals surface area contributed by atoms with E-state index >= 15 is 0 Å². The van der Waals surface area contributed by atoms with Gasteiger partial charge in [0.25, 0.3) is 0 Å². The van der Waals surface area contributed by atoms with Gasteiger partial charge in [-0.25, -0.2) is 0 Å². The topological polar surface area (TPSA) is 64.3 Å². The predicted octanol–water partition coefficient (Wildman–Crippen LogP) is 2.87. The molecular formula is C19H27N5O. The number of rotatable bonds is 5. The van der Waals surface area contributed by atoms with Crippen LogP contribution in [0.4, 0.5) is 11.4 Å². The van der Waals surface area contributed by atoms with Crippen molar-refractivity contribution in [2.24, 2.45) is 0 Å². The Labute approximate surface area is 149 Å². The molecule has 3 rings (SSSR count). The largest absolute Gasteiger partial charge is 0.378 e. The summed E-state index contributed by atoms with van der Waals surface area (Å²) in [5.74, 6) is 0.0169. The van der Waals surface area contributed by atoms with Crippen LogP contribution in [0.15, 0.2) is 24.3 Å². The second-order valence-electron chi connectivity index (χ2n) is 6.98. The number of hydrogen-bond acceptors (Lipinski definition) is 4. The minimum atomic E-state index is 0.0169. The molecule has 6 nitrogen and oxygen atoms in total. The zero-order valence-electron chi connectivity index (χ0n) is 15.5. The molecule has 1 atom stereocenters. The lowest BCUT2D eigenvalue weighted by Crippen LogP contribution is -2.33. The van der Waals surface area contributed by atoms with Crippen molar-refractivity contribution in [2.75, 3.05) is 37.4 Å². The molecule has 0 radical (unpaired) electrons. The predicted molar refractivity (Wildman–Crippen MR) is 101 cm³/mol. The number of aromatic amines is 1. The van der Waals surface area contributed by atoms with Gasteiger partial charge in [0, 0.05) is 25.8 Å².